The van der Waals surface area contributed by atoms with E-state index < -0.39 is 11.8 Å². The SMILES string of the molecule is CN(CCOc1ccc(C(=O)O)c(Br)c1F)C1CC1. The van der Waals surface area contributed by atoms with Gasteiger partial charge in [-0.05, 0) is 48.0 Å². The van der Waals surface area contributed by atoms with Gasteiger partial charge in [0.25, 0.3) is 0 Å². The number of carbonyl (C=O) groups is 1. The minimum absolute atomic E-state index is 0.0704. The fraction of sp³-hybridized carbons (Fsp3) is 0.462. The van der Waals surface area contributed by atoms with Gasteiger partial charge in [-0.15, -0.1) is 0 Å². The maximum atomic E-state index is 13.9. The third-order valence-corrected chi connectivity index (χ3v) is 3.92. The Morgan fingerprint density at radius 2 is 2.26 bits per heavy atom. The fourth-order valence-corrected chi connectivity index (χ4v) is 2.30. The van der Waals surface area contributed by atoms with E-state index in [1.165, 1.54) is 25.0 Å². The highest BCUT2D eigenvalue weighted by Crippen LogP contribution is 2.29. The predicted molar refractivity (Wildman–Crippen MR) is 72.2 cm³/mol. The van der Waals surface area contributed by atoms with Crippen LogP contribution in [-0.4, -0.2) is 42.2 Å². The topological polar surface area (TPSA) is 49.8 Å². The molecule has 0 atom stereocenters. The molecule has 0 amide bonds. The third-order valence-electron chi connectivity index (χ3n) is 3.15. The van der Waals surface area contributed by atoms with Crippen molar-refractivity contribution >= 4 is 21.9 Å². The predicted octanol–water partition coefficient (Wildman–Crippen LogP) is 2.76. The molecule has 0 saturated heterocycles. The molecular weight excluding hydrogens is 317 g/mol. The van der Waals surface area contributed by atoms with E-state index in [1.807, 2.05) is 7.05 Å². The third kappa shape index (κ3) is 3.45. The van der Waals surface area contributed by atoms with E-state index in [9.17, 15) is 9.18 Å². The van der Waals surface area contributed by atoms with Crippen LogP contribution in [0.1, 0.15) is 23.2 Å². The highest BCUT2D eigenvalue weighted by Gasteiger charge is 2.25. The van der Waals surface area contributed by atoms with E-state index in [-0.39, 0.29) is 15.8 Å². The van der Waals surface area contributed by atoms with Gasteiger partial charge in [0.05, 0.1) is 10.0 Å². The molecule has 1 aromatic rings. The maximum Gasteiger partial charge on any atom is 0.336 e. The maximum absolute atomic E-state index is 13.9. The zero-order valence-electron chi connectivity index (χ0n) is 10.5. The highest BCUT2D eigenvalue weighted by atomic mass is 79.9. The van der Waals surface area contributed by atoms with Crippen LogP contribution < -0.4 is 4.74 Å². The molecule has 104 valence electrons. The molecule has 0 spiro atoms. The number of hydrogen-bond donors (Lipinski definition) is 1. The van der Waals surface area contributed by atoms with Crippen molar-refractivity contribution in [3.8, 4) is 5.75 Å². The summed E-state index contributed by atoms with van der Waals surface area (Å²) in [6.07, 6.45) is 2.42. The highest BCUT2D eigenvalue weighted by molar-refractivity contribution is 9.10. The van der Waals surface area contributed by atoms with Crippen LogP contribution in [0.5, 0.6) is 5.75 Å². The van der Waals surface area contributed by atoms with Gasteiger partial charge in [-0.1, -0.05) is 0 Å². The van der Waals surface area contributed by atoms with E-state index in [0.717, 1.165) is 6.54 Å². The van der Waals surface area contributed by atoms with Gasteiger partial charge in [-0.25, -0.2) is 9.18 Å². The number of hydrogen-bond acceptors (Lipinski definition) is 3. The van der Waals surface area contributed by atoms with Crippen molar-refractivity contribution in [2.45, 2.75) is 18.9 Å². The molecule has 1 fully saturated rings. The molecule has 1 N–H and O–H groups in total. The lowest BCUT2D eigenvalue weighted by Gasteiger charge is -2.16. The van der Waals surface area contributed by atoms with E-state index >= 15 is 0 Å². The first-order chi connectivity index (χ1) is 9.00. The summed E-state index contributed by atoms with van der Waals surface area (Å²) in [6, 6.07) is 3.31. The largest absolute Gasteiger partial charge is 0.489 e. The van der Waals surface area contributed by atoms with Crippen LogP contribution in [0.2, 0.25) is 0 Å². The Bertz CT molecular complexity index is 491. The van der Waals surface area contributed by atoms with E-state index in [2.05, 4.69) is 20.8 Å². The van der Waals surface area contributed by atoms with Gasteiger partial charge in [0.1, 0.15) is 6.61 Å². The van der Waals surface area contributed by atoms with Crippen molar-refractivity contribution in [3.05, 3.63) is 28.0 Å². The van der Waals surface area contributed by atoms with Crippen molar-refractivity contribution in [1.82, 2.24) is 4.90 Å². The lowest BCUT2D eigenvalue weighted by molar-refractivity contribution is 0.0695. The van der Waals surface area contributed by atoms with Crippen LogP contribution in [0.15, 0.2) is 16.6 Å². The van der Waals surface area contributed by atoms with Crippen molar-refractivity contribution in [2.75, 3.05) is 20.2 Å². The normalized spacial score (nSPS) is 14.7. The number of aromatic carboxylic acids is 1. The summed E-state index contributed by atoms with van der Waals surface area (Å²) < 4.78 is 19.2. The van der Waals surface area contributed by atoms with Crippen LogP contribution in [-0.2, 0) is 0 Å². The first-order valence-corrected chi connectivity index (χ1v) is 6.84. The second-order valence-electron chi connectivity index (χ2n) is 4.60. The molecule has 0 heterocycles. The summed E-state index contributed by atoms with van der Waals surface area (Å²) >= 11 is 2.94. The van der Waals surface area contributed by atoms with Gasteiger partial charge in [-0.2, -0.15) is 0 Å². The lowest BCUT2D eigenvalue weighted by atomic mass is 10.2. The molecule has 1 saturated carbocycles. The number of carboxylic acids is 1. The van der Waals surface area contributed by atoms with Crippen LogP contribution in [0.4, 0.5) is 4.39 Å². The summed E-state index contributed by atoms with van der Waals surface area (Å²) in [6.45, 7) is 1.10. The molecule has 6 heteroatoms. The smallest absolute Gasteiger partial charge is 0.336 e. The molecule has 0 aromatic heterocycles. The Morgan fingerprint density at radius 1 is 1.58 bits per heavy atom. The second kappa shape index (κ2) is 5.88. The van der Waals surface area contributed by atoms with E-state index in [1.54, 1.807) is 0 Å². The molecule has 0 unspecified atom stereocenters. The molecular formula is C13H15BrFNO3. The Kier molecular flexibility index (Phi) is 4.42. The molecule has 2 rings (SSSR count). The fourth-order valence-electron chi connectivity index (χ4n) is 1.81. The Labute approximate surface area is 119 Å². The standard InChI is InChI=1S/C13H15BrFNO3/c1-16(8-2-3-8)6-7-19-10-5-4-9(13(17)18)11(14)12(10)15/h4-5,8H,2-3,6-7H2,1H3,(H,17,18). The quantitative estimate of drug-likeness (QED) is 0.870. The van der Waals surface area contributed by atoms with Crippen LogP contribution in [0.25, 0.3) is 0 Å². The average molecular weight is 332 g/mol. The number of rotatable bonds is 6. The summed E-state index contributed by atoms with van der Waals surface area (Å²) in [5.41, 5.74) is -0.111. The summed E-state index contributed by atoms with van der Waals surface area (Å²) in [5.74, 6) is -1.78. The van der Waals surface area contributed by atoms with Crippen molar-refractivity contribution in [3.63, 3.8) is 0 Å². The molecule has 4 nitrogen and oxygen atoms in total. The van der Waals surface area contributed by atoms with Crippen molar-refractivity contribution in [2.24, 2.45) is 0 Å². The van der Waals surface area contributed by atoms with Gasteiger partial charge < -0.3 is 14.7 Å². The summed E-state index contributed by atoms with van der Waals surface area (Å²) in [4.78, 5) is 13.0. The number of carboxylic acid groups (broad SMARTS) is 1. The Hall–Kier alpha value is -1.14. The van der Waals surface area contributed by atoms with Crippen LogP contribution >= 0.6 is 15.9 Å². The molecule has 1 aliphatic carbocycles. The van der Waals surface area contributed by atoms with Gasteiger partial charge in [0.2, 0.25) is 0 Å². The van der Waals surface area contributed by atoms with Crippen LogP contribution in [0.3, 0.4) is 0 Å². The first-order valence-electron chi connectivity index (χ1n) is 6.05. The minimum atomic E-state index is -1.18. The van der Waals surface area contributed by atoms with Gasteiger partial charge in [0.15, 0.2) is 11.6 Å². The van der Waals surface area contributed by atoms with E-state index in [4.69, 9.17) is 9.84 Å². The lowest BCUT2D eigenvalue weighted by Crippen LogP contribution is -2.26. The number of likely N-dealkylation sites (N-methyl/N-ethyl adjacent to an activating group) is 1. The minimum Gasteiger partial charge on any atom is -0.489 e. The van der Waals surface area contributed by atoms with Crippen molar-refractivity contribution < 1.29 is 19.0 Å². The van der Waals surface area contributed by atoms with Gasteiger partial charge in [-0.3, -0.25) is 0 Å². The number of nitrogens with zero attached hydrogens (tertiary/aromatic N) is 1. The van der Waals surface area contributed by atoms with Gasteiger partial charge >= 0.3 is 5.97 Å². The molecule has 1 aromatic carbocycles. The number of ether oxygens (including phenoxy) is 1. The Balaban J connectivity index is 1.96. The number of benzene rings is 1. The molecule has 0 aliphatic heterocycles. The molecule has 19 heavy (non-hydrogen) atoms. The zero-order valence-corrected chi connectivity index (χ0v) is 12.1. The monoisotopic (exact) mass is 331 g/mol. The molecule has 0 radical (unpaired) electrons. The Morgan fingerprint density at radius 3 is 2.84 bits per heavy atom. The second-order valence-corrected chi connectivity index (χ2v) is 5.40. The van der Waals surface area contributed by atoms with Crippen LogP contribution in [0, 0.1) is 5.82 Å². The first kappa shape index (κ1) is 14.3. The molecule has 0 bridgehead atoms. The van der Waals surface area contributed by atoms with E-state index in [0.29, 0.717) is 12.6 Å². The zero-order chi connectivity index (χ0) is 14.0. The van der Waals surface area contributed by atoms with Gasteiger partial charge in [0, 0.05) is 12.6 Å². The van der Waals surface area contributed by atoms with Crippen molar-refractivity contribution in [1.29, 1.82) is 0 Å². The number of halogens is 2. The summed E-state index contributed by atoms with van der Waals surface area (Å²) in [7, 11) is 2.01. The molecule has 1 aliphatic rings. The summed E-state index contributed by atoms with van der Waals surface area (Å²) in [5, 5.41) is 8.85. The average Bonchev–Trinajstić information content (AvgIpc) is 3.18.